The Kier molecular flexibility index (Phi) is 6.31. The maximum absolute atomic E-state index is 13.4. The summed E-state index contributed by atoms with van der Waals surface area (Å²) in [6.07, 6.45) is -3.07. The highest BCUT2D eigenvalue weighted by Gasteiger charge is 2.36. The van der Waals surface area contributed by atoms with Crippen LogP contribution in [0.2, 0.25) is 0 Å². The third kappa shape index (κ3) is 5.18. The molecule has 0 bridgehead atoms. The predicted octanol–water partition coefficient (Wildman–Crippen LogP) is 4.51. The van der Waals surface area contributed by atoms with Gasteiger partial charge in [-0.2, -0.15) is 13.2 Å². The van der Waals surface area contributed by atoms with Gasteiger partial charge in [0.1, 0.15) is 18.0 Å². The lowest BCUT2D eigenvalue weighted by Gasteiger charge is -2.27. The van der Waals surface area contributed by atoms with Crippen LogP contribution in [0.5, 0.6) is 11.5 Å². The average molecular weight is 429 g/mol. The molecule has 156 valence electrons. The van der Waals surface area contributed by atoms with E-state index in [1.54, 1.807) is 0 Å². The summed E-state index contributed by atoms with van der Waals surface area (Å²) in [5.41, 5.74) is -0.776. The predicted molar refractivity (Wildman–Crippen MR) is 99.6 cm³/mol. The van der Waals surface area contributed by atoms with Crippen LogP contribution in [0.1, 0.15) is 18.4 Å². The molecule has 29 heavy (non-hydrogen) atoms. The van der Waals surface area contributed by atoms with Crippen molar-refractivity contribution in [2.24, 2.45) is 0 Å². The van der Waals surface area contributed by atoms with E-state index >= 15 is 0 Å². The minimum Gasteiger partial charge on any atom is -0.480 e. The molecule has 6 nitrogen and oxygen atoms in total. The second-order valence-electron chi connectivity index (χ2n) is 6.46. The Morgan fingerprint density at radius 3 is 2.21 bits per heavy atom. The summed E-state index contributed by atoms with van der Waals surface area (Å²) >= 11 is 0. The van der Waals surface area contributed by atoms with E-state index in [2.05, 4.69) is 0 Å². The quantitative estimate of drug-likeness (QED) is 0.705. The van der Waals surface area contributed by atoms with E-state index in [1.165, 1.54) is 41.1 Å². The van der Waals surface area contributed by atoms with E-state index in [0.717, 1.165) is 12.1 Å². The van der Waals surface area contributed by atoms with Crippen LogP contribution in [0.15, 0.2) is 48.5 Å². The highest BCUT2D eigenvalue weighted by molar-refractivity contribution is 7.64. The average Bonchev–Trinajstić information content (AvgIpc) is 2.84. The number of ether oxygens (including phenoxy) is 1. The van der Waals surface area contributed by atoms with Gasteiger partial charge in [0, 0.05) is 6.54 Å². The van der Waals surface area contributed by atoms with Gasteiger partial charge in [0.15, 0.2) is 0 Å². The molecule has 1 N–H and O–H groups in total. The maximum Gasteiger partial charge on any atom is 0.416 e. The Morgan fingerprint density at radius 2 is 1.66 bits per heavy atom. The summed E-state index contributed by atoms with van der Waals surface area (Å²) in [6, 6.07) is 10.3. The third-order valence-electron chi connectivity index (χ3n) is 4.35. The van der Waals surface area contributed by atoms with Crippen molar-refractivity contribution in [3.05, 3.63) is 54.1 Å². The van der Waals surface area contributed by atoms with Crippen molar-refractivity contribution in [3.63, 3.8) is 0 Å². The Labute approximate surface area is 165 Å². The van der Waals surface area contributed by atoms with Crippen molar-refractivity contribution in [1.29, 1.82) is 0 Å². The first kappa shape index (κ1) is 21.4. The van der Waals surface area contributed by atoms with Gasteiger partial charge in [-0.05, 0) is 61.4 Å². The van der Waals surface area contributed by atoms with Crippen molar-refractivity contribution in [2.75, 3.05) is 19.7 Å². The van der Waals surface area contributed by atoms with Gasteiger partial charge in [0.25, 0.3) is 0 Å². The number of rotatable bonds is 5. The summed E-state index contributed by atoms with van der Waals surface area (Å²) in [7, 11) is -3.53. The van der Waals surface area contributed by atoms with E-state index < -0.39 is 31.8 Å². The molecule has 1 heterocycles. The maximum atomic E-state index is 13.4. The third-order valence-corrected chi connectivity index (χ3v) is 6.92. The number of halogens is 3. The fourth-order valence-corrected chi connectivity index (χ4v) is 5.17. The van der Waals surface area contributed by atoms with Gasteiger partial charge in [0.05, 0.1) is 17.5 Å². The number of alkyl halides is 3. The van der Waals surface area contributed by atoms with Gasteiger partial charge >= 0.3 is 19.7 Å². The zero-order valence-corrected chi connectivity index (χ0v) is 16.2. The van der Waals surface area contributed by atoms with Crippen molar-refractivity contribution in [1.82, 2.24) is 4.67 Å². The Bertz CT molecular complexity index is 900. The van der Waals surface area contributed by atoms with Crippen LogP contribution in [-0.2, 0) is 20.1 Å². The SMILES string of the molecule is O=C(O)CN1CCCCOP1(=O)c1ccc(Oc2ccc(C(F)(F)F)cc2)cc1. The zero-order valence-electron chi connectivity index (χ0n) is 15.3. The number of benzene rings is 2. The second kappa shape index (κ2) is 8.57. The Morgan fingerprint density at radius 1 is 1.07 bits per heavy atom. The Hall–Kier alpha value is -2.35. The molecule has 1 saturated heterocycles. The van der Waals surface area contributed by atoms with Crippen LogP contribution < -0.4 is 10.0 Å². The molecular weight excluding hydrogens is 410 g/mol. The van der Waals surface area contributed by atoms with Crippen molar-refractivity contribution < 1.29 is 36.9 Å². The van der Waals surface area contributed by atoms with E-state index in [4.69, 9.17) is 14.4 Å². The van der Waals surface area contributed by atoms with Crippen molar-refractivity contribution in [3.8, 4) is 11.5 Å². The highest BCUT2D eigenvalue weighted by atomic mass is 31.2. The molecule has 1 fully saturated rings. The molecule has 3 rings (SSSR count). The number of carboxylic acids is 1. The molecule has 0 saturated carbocycles. The van der Waals surface area contributed by atoms with E-state index in [9.17, 15) is 22.5 Å². The van der Waals surface area contributed by atoms with Gasteiger partial charge in [-0.3, -0.25) is 9.36 Å². The van der Waals surface area contributed by atoms with Gasteiger partial charge in [-0.25, -0.2) is 4.67 Å². The zero-order chi connectivity index (χ0) is 21.1. The van der Waals surface area contributed by atoms with Gasteiger partial charge in [-0.1, -0.05) is 0 Å². The molecule has 0 amide bonds. The summed E-state index contributed by atoms with van der Waals surface area (Å²) in [5.74, 6) is -0.548. The van der Waals surface area contributed by atoms with Crippen LogP contribution in [0.25, 0.3) is 0 Å². The number of hydrogen-bond donors (Lipinski definition) is 1. The summed E-state index contributed by atoms with van der Waals surface area (Å²) in [6.45, 7) is 0.200. The topological polar surface area (TPSA) is 76.1 Å². The van der Waals surface area contributed by atoms with Crippen LogP contribution >= 0.6 is 7.52 Å². The van der Waals surface area contributed by atoms with Crippen LogP contribution in [-0.4, -0.2) is 35.4 Å². The van der Waals surface area contributed by atoms with E-state index in [0.29, 0.717) is 30.4 Å². The molecule has 10 heteroatoms. The molecule has 0 aliphatic carbocycles. The molecule has 1 unspecified atom stereocenters. The first-order valence-corrected chi connectivity index (χ1v) is 10.4. The normalized spacial score (nSPS) is 20.8. The number of carboxylic acid groups (broad SMARTS) is 1. The number of nitrogens with zero attached hydrogens (tertiary/aromatic N) is 1. The largest absolute Gasteiger partial charge is 0.480 e. The molecule has 1 aliphatic rings. The lowest BCUT2D eigenvalue weighted by atomic mass is 10.2. The monoisotopic (exact) mass is 429 g/mol. The molecule has 0 radical (unpaired) electrons. The highest BCUT2D eigenvalue weighted by Crippen LogP contribution is 2.51. The summed E-state index contributed by atoms with van der Waals surface area (Å²) < 4.78 is 63.7. The van der Waals surface area contributed by atoms with E-state index in [-0.39, 0.29) is 12.4 Å². The van der Waals surface area contributed by atoms with Crippen molar-refractivity contribution >= 4 is 18.8 Å². The number of carbonyl (C=O) groups is 1. The smallest absolute Gasteiger partial charge is 0.416 e. The molecule has 0 spiro atoms. The molecule has 2 aromatic carbocycles. The van der Waals surface area contributed by atoms with Gasteiger partial charge in [-0.15, -0.1) is 0 Å². The molecular formula is C19H19F3NO5P. The summed E-state index contributed by atoms with van der Waals surface area (Å²) in [5, 5.41) is 9.44. The van der Waals surface area contributed by atoms with Crippen LogP contribution in [0.3, 0.4) is 0 Å². The van der Waals surface area contributed by atoms with Gasteiger partial charge < -0.3 is 14.4 Å². The number of hydrogen-bond acceptors (Lipinski definition) is 4. The van der Waals surface area contributed by atoms with Crippen LogP contribution in [0, 0.1) is 0 Å². The van der Waals surface area contributed by atoms with Gasteiger partial charge in [0.2, 0.25) is 0 Å². The fraction of sp³-hybridized carbons (Fsp3) is 0.316. The molecule has 0 aromatic heterocycles. The second-order valence-corrected chi connectivity index (χ2v) is 8.84. The standard InChI is InChI=1S/C19H19F3NO5P/c20-19(21,22)14-3-5-15(6-4-14)28-16-7-9-17(10-8-16)29(26)23(13-18(24)25)11-1-2-12-27-29/h3-10H,1-2,11-13H2,(H,24,25). The fourth-order valence-electron chi connectivity index (χ4n) is 2.91. The summed E-state index contributed by atoms with van der Waals surface area (Å²) in [4.78, 5) is 11.1. The Balaban J connectivity index is 1.78. The van der Waals surface area contributed by atoms with Crippen LogP contribution in [0.4, 0.5) is 13.2 Å². The lowest BCUT2D eigenvalue weighted by molar-refractivity contribution is -0.138. The van der Waals surface area contributed by atoms with E-state index in [1.807, 2.05) is 0 Å². The molecule has 2 aromatic rings. The molecule has 1 atom stereocenters. The first-order valence-electron chi connectivity index (χ1n) is 8.86. The minimum absolute atomic E-state index is 0.218. The van der Waals surface area contributed by atoms with Crippen molar-refractivity contribution in [2.45, 2.75) is 19.0 Å². The molecule has 1 aliphatic heterocycles. The first-order chi connectivity index (χ1) is 13.7. The minimum atomic E-state index is -4.42. The number of aliphatic carboxylic acids is 1. The lowest BCUT2D eigenvalue weighted by Crippen LogP contribution is -2.31.